The van der Waals surface area contributed by atoms with Crippen LogP contribution in [0, 0.1) is 0 Å². The minimum atomic E-state index is 0.230. The fourth-order valence-corrected chi connectivity index (χ4v) is 2.71. The van der Waals surface area contributed by atoms with Crippen molar-refractivity contribution < 1.29 is 4.74 Å². The van der Waals surface area contributed by atoms with E-state index < -0.39 is 0 Å². The maximum Gasteiger partial charge on any atom is 0.142 e. The second-order valence-corrected chi connectivity index (χ2v) is 5.31. The lowest BCUT2D eigenvalue weighted by Crippen LogP contribution is -2.21. The van der Waals surface area contributed by atoms with E-state index in [9.17, 15) is 0 Å². The lowest BCUT2D eigenvalue weighted by Gasteiger charge is -2.18. The predicted octanol–water partition coefficient (Wildman–Crippen LogP) is 2.47. The zero-order chi connectivity index (χ0) is 13.9. The maximum atomic E-state index is 6.22. The molecule has 0 bridgehead atoms. The molecule has 2 aromatic rings. The van der Waals surface area contributed by atoms with Gasteiger partial charge in [-0.3, -0.25) is 0 Å². The molecule has 1 aliphatic heterocycles. The summed E-state index contributed by atoms with van der Waals surface area (Å²) in [5.74, 6) is 0.809. The molecule has 0 radical (unpaired) electrons. The fourth-order valence-electron chi connectivity index (χ4n) is 2.48. The molecule has 106 valence electrons. The highest BCUT2D eigenvalue weighted by molar-refractivity contribution is 6.32. The molecule has 1 aromatic carbocycles. The lowest BCUT2D eigenvalue weighted by atomic mass is 10.0. The van der Waals surface area contributed by atoms with Crippen LogP contribution in [0.2, 0.25) is 5.02 Å². The van der Waals surface area contributed by atoms with Crippen molar-refractivity contribution in [2.24, 2.45) is 7.05 Å². The average Bonchev–Trinajstić information content (AvgIpc) is 2.73. The summed E-state index contributed by atoms with van der Waals surface area (Å²) in [6.07, 6.45) is 3.80. The number of para-hydroxylation sites is 1. The Hall–Kier alpha value is -1.59. The van der Waals surface area contributed by atoms with Crippen molar-refractivity contribution in [2.75, 3.05) is 6.61 Å². The topological polar surface area (TPSA) is 52.0 Å². The van der Waals surface area contributed by atoms with Gasteiger partial charge in [-0.1, -0.05) is 23.7 Å². The first-order chi connectivity index (χ1) is 9.74. The number of nitrogens with zero attached hydrogens (tertiary/aromatic N) is 3. The molecule has 3 rings (SSSR count). The van der Waals surface area contributed by atoms with Crippen LogP contribution in [0.3, 0.4) is 0 Å². The van der Waals surface area contributed by atoms with E-state index in [0.717, 1.165) is 29.8 Å². The zero-order valence-corrected chi connectivity index (χ0v) is 12.1. The monoisotopic (exact) mass is 292 g/mol. The highest BCUT2D eigenvalue weighted by Crippen LogP contribution is 2.36. The Bertz CT molecular complexity index is 599. The first-order valence-corrected chi connectivity index (χ1v) is 7.11. The van der Waals surface area contributed by atoms with Gasteiger partial charge in [0.05, 0.1) is 23.5 Å². The number of hydrogen-bond donors (Lipinski definition) is 1. The predicted molar refractivity (Wildman–Crippen MR) is 76.8 cm³/mol. The van der Waals surface area contributed by atoms with Gasteiger partial charge in [-0.15, -0.1) is 0 Å². The fraction of sp³-hybridized carbons (Fsp3) is 0.429. The summed E-state index contributed by atoms with van der Waals surface area (Å²) in [6, 6.07) is 6.13. The number of hydrogen-bond acceptors (Lipinski definition) is 4. The van der Waals surface area contributed by atoms with Crippen molar-refractivity contribution >= 4 is 11.6 Å². The van der Waals surface area contributed by atoms with Gasteiger partial charge in [0.2, 0.25) is 0 Å². The number of rotatable bonds is 3. The number of benzene rings is 1. The van der Waals surface area contributed by atoms with Crippen LogP contribution in [0.15, 0.2) is 24.4 Å². The smallest absolute Gasteiger partial charge is 0.142 e. The molecule has 2 heterocycles. The van der Waals surface area contributed by atoms with E-state index in [4.69, 9.17) is 16.3 Å². The molecule has 1 atom stereocenters. The van der Waals surface area contributed by atoms with Gasteiger partial charge >= 0.3 is 0 Å². The molecule has 5 nitrogen and oxygen atoms in total. The number of nitrogens with one attached hydrogen (secondary N) is 1. The molecule has 0 saturated heterocycles. The molecule has 1 aromatic heterocycles. The summed E-state index contributed by atoms with van der Waals surface area (Å²) in [5, 5.41) is 12.6. The number of halogens is 1. The number of ether oxygens (including phenoxy) is 1. The van der Waals surface area contributed by atoms with Gasteiger partial charge < -0.3 is 10.1 Å². The molecule has 0 spiro atoms. The third kappa shape index (κ3) is 2.78. The van der Waals surface area contributed by atoms with Crippen LogP contribution < -0.4 is 10.1 Å². The Balaban J connectivity index is 1.78. The van der Waals surface area contributed by atoms with Crippen molar-refractivity contribution in [3.8, 4) is 5.75 Å². The Labute approximate surface area is 122 Å². The van der Waals surface area contributed by atoms with Crippen LogP contribution in [0.1, 0.15) is 30.1 Å². The van der Waals surface area contributed by atoms with Crippen molar-refractivity contribution in [1.29, 1.82) is 0 Å². The molecule has 0 saturated carbocycles. The quantitative estimate of drug-likeness (QED) is 0.944. The van der Waals surface area contributed by atoms with E-state index in [1.54, 1.807) is 11.0 Å². The second kappa shape index (κ2) is 5.81. The van der Waals surface area contributed by atoms with Gasteiger partial charge in [-0.05, 0) is 18.9 Å². The van der Waals surface area contributed by atoms with Crippen LogP contribution in [-0.4, -0.2) is 21.6 Å². The summed E-state index contributed by atoms with van der Waals surface area (Å²) >= 11 is 6.22. The van der Waals surface area contributed by atoms with Gasteiger partial charge in [-0.25, -0.2) is 0 Å². The summed E-state index contributed by atoms with van der Waals surface area (Å²) in [7, 11) is 1.82. The van der Waals surface area contributed by atoms with E-state index in [0.29, 0.717) is 18.2 Å². The van der Waals surface area contributed by atoms with Crippen molar-refractivity contribution in [3.05, 3.63) is 40.7 Å². The first kappa shape index (κ1) is 13.4. The standard InChI is InChI=1S/C14H17ClN4O/c1-19-17-9-10(18-19)8-16-13-6-3-7-20-14-11(13)4-2-5-12(14)15/h2,4-5,9,13,16H,3,6-8H2,1H3. The minimum absolute atomic E-state index is 0.230. The number of aryl methyl sites for hydroxylation is 1. The largest absolute Gasteiger partial charge is 0.492 e. The van der Waals surface area contributed by atoms with Gasteiger partial charge in [0.15, 0.2) is 0 Å². The maximum absolute atomic E-state index is 6.22. The summed E-state index contributed by atoms with van der Waals surface area (Å²) < 4.78 is 5.76. The van der Waals surface area contributed by atoms with Crippen LogP contribution >= 0.6 is 11.6 Å². The molecule has 1 unspecified atom stereocenters. The Morgan fingerprint density at radius 3 is 3.20 bits per heavy atom. The number of fused-ring (bicyclic) bond motifs is 1. The van der Waals surface area contributed by atoms with Gasteiger partial charge in [0, 0.05) is 25.2 Å². The van der Waals surface area contributed by atoms with Gasteiger partial charge in [0.1, 0.15) is 5.75 Å². The Morgan fingerprint density at radius 1 is 1.50 bits per heavy atom. The number of aromatic nitrogens is 3. The molecular formula is C14H17ClN4O. The third-order valence-electron chi connectivity index (χ3n) is 3.43. The Kier molecular flexibility index (Phi) is 3.89. The highest BCUT2D eigenvalue weighted by atomic mass is 35.5. The average molecular weight is 293 g/mol. The highest BCUT2D eigenvalue weighted by Gasteiger charge is 2.21. The molecule has 1 aliphatic rings. The molecule has 0 amide bonds. The Morgan fingerprint density at radius 2 is 2.40 bits per heavy atom. The lowest BCUT2D eigenvalue weighted by molar-refractivity contribution is 0.315. The summed E-state index contributed by atoms with van der Waals surface area (Å²) in [4.78, 5) is 1.57. The van der Waals surface area contributed by atoms with E-state index in [2.05, 4.69) is 21.6 Å². The van der Waals surface area contributed by atoms with E-state index in [1.165, 1.54) is 0 Å². The van der Waals surface area contributed by atoms with Crippen molar-refractivity contribution in [2.45, 2.75) is 25.4 Å². The van der Waals surface area contributed by atoms with E-state index in [1.807, 2.05) is 19.2 Å². The van der Waals surface area contributed by atoms with Crippen LogP contribution in [0.5, 0.6) is 5.75 Å². The molecule has 1 N–H and O–H groups in total. The third-order valence-corrected chi connectivity index (χ3v) is 3.73. The van der Waals surface area contributed by atoms with Gasteiger partial charge in [-0.2, -0.15) is 15.0 Å². The summed E-state index contributed by atoms with van der Waals surface area (Å²) in [5.41, 5.74) is 2.06. The van der Waals surface area contributed by atoms with E-state index in [-0.39, 0.29) is 6.04 Å². The molecular weight excluding hydrogens is 276 g/mol. The zero-order valence-electron chi connectivity index (χ0n) is 11.3. The van der Waals surface area contributed by atoms with Crippen LogP contribution in [-0.2, 0) is 13.6 Å². The van der Waals surface area contributed by atoms with E-state index >= 15 is 0 Å². The van der Waals surface area contributed by atoms with Crippen LogP contribution in [0.25, 0.3) is 0 Å². The SMILES string of the molecule is Cn1ncc(CNC2CCCOc3c(Cl)cccc32)n1. The summed E-state index contributed by atoms with van der Waals surface area (Å²) in [6.45, 7) is 1.39. The minimum Gasteiger partial charge on any atom is -0.492 e. The first-order valence-electron chi connectivity index (χ1n) is 6.74. The van der Waals surface area contributed by atoms with Crippen molar-refractivity contribution in [1.82, 2.24) is 20.3 Å². The normalized spacial score (nSPS) is 18.2. The molecule has 0 fully saturated rings. The molecule has 6 heteroatoms. The molecule has 20 heavy (non-hydrogen) atoms. The second-order valence-electron chi connectivity index (χ2n) is 4.91. The van der Waals surface area contributed by atoms with Crippen molar-refractivity contribution in [3.63, 3.8) is 0 Å². The molecule has 0 aliphatic carbocycles. The van der Waals surface area contributed by atoms with Crippen LogP contribution in [0.4, 0.5) is 0 Å². The van der Waals surface area contributed by atoms with Gasteiger partial charge in [0.25, 0.3) is 0 Å².